The van der Waals surface area contributed by atoms with Crippen LogP contribution in [0.3, 0.4) is 0 Å². The van der Waals surface area contributed by atoms with Crippen LogP contribution >= 0.6 is 0 Å². The predicted octanol–water partition coefficient (Wildman–Crippen LogP) is 4.27. The number of anilines is 1. The molecule has 1 fully saturated rings. The fraction of sp³-hybridized carbons (Fsp3) is 0.458. The first-order valence-electron chi connectivity index (χ1n) is 11.3. The van der Waals surface area contributed by atoms with Crippen molar-refractivity contribution < 1.29 is 9.53 Å². The number of nitrogens with zero attached hydrogens (tertiary/aromatic N) is 5. The standard InChI is InChI=1S/C24H29N7O2/c1-5-15-12-27-22(29-17-7-6-10-31(14-17)23(32)33-24(2,3)4)30-20(15)19-13-26-21-18(19)9-8-16(11-25)28-21/h8-9,12-13,17H,5-7,10,14H2,1-4H3,(H,26,28)(H,27,29,30)/t17-/m0/s1. The molecule has 2 N–H and O–H groups in total. The van der Waals surface area contributed by atoms with E-state index in [1.165, 1.54) is 0 Å². The van der Waals surface area contributed by atoms with Gasteiger partial charge in [-0.05, 0) is 57.7 Å². The largest absolute Gasteiger partial charge is 0.444 e. The Morgan fingerprint density at radius 2 is 2.18 bits per heavy atom. The van der Waals surface area contributed by atoms with Crippen LogP contribution in [0.15, 0.2) is 24.5 Å². The van der Waals surface area contributed by atoms with Gasteiger partial charge in [0.15, 0.2) is 0 Å². The molecule has 9 nitrogen and oxygen atoms in total. The molecular weight excluding hydrogens is 418 g/mol. The van der Waals surface area contributed by atoms with Crippen LogP contribution in [-0.2, 0) is 11.2 Å². The van der Waals surface area contributed by atoms with Crippen molar-refractivity contribution in [1.29, 1.82) is 5.26 Å². The number of aryl methyl sites for hydroxylation is 1. The fourth-order valence-corrected chi connectivity index (χ4v) is 4.00. The molecule has 9 heteroatoms. The van der Waals surface area contributed by atoms with Gasteiger partial charge in [0.05, 0.1) is 5.69 Å². The number of carbonyl (C=O) groups excluding carboxylic acids is 1. The number of hydrogen-bond donors (Lipinski definition) is 2. The summed E-state index contributed by atoms with van der Waals surface area (Å²) in [6.07, 6.45) is 6.00. The van der Waals surface area contributed by atoms with Crippen LogP contribution < -0.4 is 5.32 Å². The van der Waals surface area contributed by atoms with Gasteiger partial charge in [-0.25, -0.2) is 19.7 Å². The van der Waals surface area contributed by atoms with Crippen LogP contribution in [0.1, 0.15) is 51.8 Å². The Balaban J connectivity index is 1.56. The Hall–Kier alpha value is -3.67. The van der Waals surface area contributed by atoms with Gasteiger partial charge < -0.3 is 19.9 Å². The summed E-state index contributed by atoms with van der Waals surface area (Å²) in [4.78, 5) is 31.1. The molecule has 0 radical (unpaired) electrons. The third kappa shape index (κ3) is 5.06. The molecule has 1 aliphatic heterocycles. The minimum atomic E-state index is -0.520. The van der Waals surface area contributed by atoms with Crippen LogP contribution in [0.2, 0.25) is 0 Å². The highest BCUT2D eigenvalue weighted by Gasteiger charge is 2.28. The quantitative estimate of drug-likeness (QED) is 0.613. The summed E-state index contributed by atoms with van der Waals surface area (Å²) in [6, 6.07) is 5.70. The summed E-state index contributed by atoms with van der Waals surface area (Å²) < 4.78 is 5.53. The lowest BCUT2D eigenvalue weighted by Crippen LogP contribution is -2.47. The molecule has 0 aliphatic carbocycles. The van der Waals surface area contributed by atoms with Crippen molar-refractivity contribution in [3.63, 3.8) is 0 Å². The van der Waals surface area contributed by atoms with Gasteiger partial charge in [0.1, 0.15) is 23.0 Å². The highest BCUT2D eigenvalue weighted by molar-refractivity contribution is 5.93. The first-order valence-corrected chi connectivity index (χ1v) is 11.3. The molecule has 33 heavy (non-hydrogen) atoms. The smallest absolute Gasteiger partial charge is 0.410 e. The van der Waals surface area contributed by atoms with E-state index in [9.17, 15) is 4.79 Å². The predicted molar refractivity (Wildman–Crippen MR) is 126 cm³/mol. The van der Waals surface area contributed by atoms with Crippen LogP contribution in [-0.4, -0.2) is 55.7 Å². The molecule has 4 rings (SSSR count). The molecule has 1 saturated heterocycles. The second kappa shape index (κ2) is 9.06. The van der Waals surface area contributed by atoms with E-state index in [2.05, 4.69) is 33.3 Å². The maximum Gasteiger partial charge on any atom is 0.410 e. The number of ether oxygens (including phenoxy) is 1. The van der Waals surface area contributed by atoms with E-state index in [-0.39, 0.29) is 12.1 Å². The molecule has 3 aromatic heterocycles. The van der Waals surface area contributed by atoms with Crippen LogP contribution in [0, 0.1) is 11.3 Å². The normalized spacial score (nSPS) is 16.5. The van der Waals surface area contributed by atoms with Crippen molar-refractivity contribution in [2.75, 3.05) is 18.4 Å². The SMILES string of the molecule is CCc1cnc(N[C@H]2CCCN(C(=O)OC(C)(C)C)C2)nc1-c1c[nH]c2nc(C#N)ccc12. The number of carbonyl (C=O) groups is 1. The Bertz CT molecular complexity index is 1210. The molecule has 1 atom stereocenters. The first kappa shape index (κ1) is 22.5. The zero-order chi connectivity index (χ0) is 23.6. The molecule has 3 aromatic rings. The molecular formula is C24H29N7O2. The maximum atomic E-state index is 12.5. The number of rotatable bonds is 4. The van der Waals surface area contributed by atoms with E-state index < -0.39 is 5.60 Å². The fourth-order valence-electron chi connectivity index (χ4n) is 4.00. The van der Waals surface area contributed by atoms with Crippen LogP contribution in [0.5, 0.6) is 0 Å². The number of nitrogens with one attached hydrogen (secondary N) is 2. The average molecular weight is 448 g/mol. The van der Waals surface area contributed by atoms with E-state index in [4.69, 9.17) is 15.0 Å². The zero-order valence-electron chi connectivity index (χ0n) is 19.5. The van der Waals surface area contributed by atoms with Gasteiger partial charge >= 0.3 is 6.09 Å². The van der Waals surface area contributed by atoms with E-state index in [0.717, 1.165) is 41.5 Å². The first-order chi connectivity index (χ1) is 15.8. The number of amides is 1. The van der Waals surface area contributed by atoms with Crippen molar-refractivity contribution in [3.05, 3.63) is 35.8 Å². The Morgan fingerprint density at radius 3 is 2.91 bits per heavy atom. The van der Waals surface area contributed by atoms with Crippen LogP contribution in [0.4, 0.5) is 10.7 Å². The topological polar surface area (TPSA) is 120 Å². The lowest BCUT2D eigenvalue weighted by atomic mass is 10.1. The molecule has 1 aliphatic rings. The van der Waals surface area contributed by atoms with Crippen LogP contribution in [0.25, 0.3) is 22.3 Å². The lowest BCUT2D eigenvalue weighted by molar-refractivity contribution is 0.0206. The summed E-state index contributed by atoms with van der Waals surface area (Å²) >= 11 is 0. The maximum absolute atomic E-state index is 12.5. The Labute approximate surface area is 193 Å². The minimum Gasteiger partial charge on any atom is -0.444 e. The highest BCUT2D eigenvalue weighted by atomic mass is 16.6. The number of fused-ring (bicyclic) bond motifs is 1. The third-order valence-electron chi connectivity index (χ3n) is 5.56. The minimum absolute atomic E-state index is 0.0365. The van der Waals surface area contributed by atoms with Gasteiger partial charge in [0, 0.05) is 42.5 Å². The number of nitriles is 1. The van der Waals surface area contributed by atoms with Gasteiger partial charge in [-0.15, -0.1) is 0 Å². The lowest BCUT2D eigenvalue weighted by Gasteiger charge is -2.34. The number of piperidine rings is 1. The molecule has 172 valence electrons. The van der Waals surface area contributed by atoms with Crippen molar-refractivity contribution in [1.82, 2.24) is 24.8 Å². The monoisotopic (exact) mass is 447 g/mol. The number of hydrogen-bond acceptors (Lipinski definition) is 7. The summed E-state index contributed by atoms with van der Waals surface area (Å²) in [7, 11) is 0. The van der Waals surface area contributed by atoms with Gasteiger partial charge in [0.25, 0.3) is 0 Å². The molecule has 0 bridgehead atoms. The average Bonchev–Trinajstić information content (AvgIpc) is 3.21. The molecule has 0 spiro atoms. The molecule has 0 saturated carbocycles. The van der Waals surface area contributed by atoms with E-state index in [0.29, 0.717) is 30.4 Å². The number of H-pyrrole nitrogens is 1. The zero-order valence-corrected chi connectivity index (χ0v) is 19.5. The van der Waals surface area contributed by atoms with Crippen molar-refractivity contribution in [3.8, 4) is 17.3 Å². The summed E-state index contributed by atoms with van der Waals surface area (Å²) in [5.41, 5.74) is 3.26. The number of pyridine rings is 1. The van der Waals surface area contributed by atoms with E-state index in [1.807, 2.05) is 39.2 Å². The van der Waals surface area contributed by atoms with Crippen molar-refractivity contribution in [2.24, 2.45) is 0 Å². The Morgan fingerprint density at radius 1 is 1.36 bits per heavy atom. The van der Waals surface area contributed by atoms with Gasteiger partial charge in [-0.2, -0.15) is 5.26 Å². The molecule has 0 aromatic carbocycles. The third-order valence-corrected chi connectivity index (χ3v) is 5.56. The van der Waals surface area contributed by atoms with Gasteiger partial charge in [-0.3, -0.25) is 0 Å². The summed E-state index contributed by atoms with van der Waals surface area (Å²) in [6.45, 7) is 8.90. The molecule has 4 heterocycles. The highest BCUT2D eigenvalue weighted by Crippen LogP contribution is 2.30. The van der Waals surface area contributed by atoms with Crippen molar-refractivity contribution >= 4 is 23.1 Å². The number of aromatic amines is 1. The second-order valence-electron chi connectivity index (χ2n) is 9.24. The summed E-state index contributed by atoms with van der Waals surface area (Å²) in [5, 5.41) is 13.4. The second-order valence-corrected chi connectivity index (χ2v) is 9.24. The van der Waals surface area contributed by atoms with Gasteiger partial charge in [0.2, 0.25) is 5.95 Å². The number of aromatic nitrogens is 4. The van der Waals surface area contributed by atoms with Crippen molar-refractivity contribution in [2.45, 2.75) is 58.6 Å². The van der Waals surface area contributed by atoms with E-state index >= 15 is 0 Å². The number of likely N-dealkylation sites (tertiary alicyclic amines) is 1. The Kier molecular flexibility index (Phi) is 6.18. The van der Waals surface area contributed by atoms with E-state index in [1.54, 1.807) is 11.0 Å². The summed E-state index contributed by atoms with van der Waals surface area (Å²) in [5.74, 6) is 0.522. The van der Waals surface area contributed by atoms with Gasteiger partial charge in [-0.1, -0.05) is 6.92 Å². The molecule has 1 amide bonds. The molecule has 0 unspecified atom stereocenters.